The van der Waals surface area contributed by atoms with Gasteiger partial charge in [0.25, 0.3) is 5.91 Å². The number of aromatic nitrogens is 2. The van der Waals surface area contributed by atoms with E-state index >= 15 is 0 Å². The highest BCUT2D eigenvalue weighted by Crippen LogP contribution is 2.36. The molecular formula is C20H19N4O3S-. The maximum Gasteiger partial charge on any atom is 0.271 e. The van der Waals surface area contributed by atoms with Crippen LogP contribution in [0.5, 0.6) is 0 Å². The van der Waals surface area contributed by atoms with Gasteiger partial charge in [-0.2, -0.15) is 0 Å². The molecule has 1 aliphatic carbocycles. The van der Waals surface area contributed by atoms with Crippen LogP contribution >= 0.6 is 0 Å². The quantitative estimate of drug-likeness (QED) is 0.641. The van der Waals surface area contributed by atoms with Gasteiger partial charge in [-0.15, -0.1) is 10.2 Å². The van der Waals surface area contributed by atoms with Crippen LogP contribution in [0.25, 0.3) is 22.0 Å². The van der Waals surface area contributed by atoms with Crippen molar-refractivity contribution in [3.05, 3.63) is 53.7 Å². The van der Waals surface area contributed by atoms with Crippen LogP contribution in [0.15, 0.2) is 42.5 Å². The minimum absolute atomic E-state index is 0.00374. The Hall–Kier alpha value is -2.84. The summed E-state index contributed by atoms with van der Waals surface area (Å²) >= 11 is -2.11. The van der Waals surface area contributed by atoms with Gasteiger partial charge in [0, 0.05) is 24.2 Å². The number of carbonyl (C=O) groups is 1. The maximum absolute atomic E-state index is 11.9. The first kappa shape index (κ1) is 18.5. The van der Waals surface area contributed by atoms with Crippen molar-refractivity contribution in [2.45, 2.75) is 24.6 Å². The number of hydrogen-bond donors (Lipinski definition) is 1. The van der Waals surface area contributed by atoms with Gasteiger partial charge in [0.05, 0.1) is 11.2 Å². The number of nitrogens with two attached hydrogens (primary N) is 1. The molecule has 1 amide bonds. The molecule has 2 aromatic carbocycles. The summed E-state index contributed by atoms with van der Waals surface area (Å²) in [6.07, 6.45) is 2.16. The largest absolute Gasteiger partial charge is 0.772 e. The van der Waals surface area contributed by atoms with Gasteiger partial charge >= 0.3 is 0 Å². The lowest BCUT2D eigenvalue weighted by atomic mass is 10.0. The van der Waals surface area contributed by atoms with Gasteiger partial charge in [-0.1, -0.05) is 41.4 Å². The first-order valence-corrected chi connectivity index (χ1v) is 10.2. The van der Waals surface area contributed by atoms with Crippen molar-refractivity contribution in [3.63, 3.8) is 0 Å². The van der Waals surface area contributed by atoms with Crippen molar-refractivity contribution in [1.29, 1.82) is 0 Å². The molecule has 1 aliphatic rings. The Balaban J connectivity index is 1.76. The summed E-state index contributed by atoms with van der Waals surface area (Å²) in [7, 11) is 1.95. The molecule has 1 heterocycles. The van der Waals surface area contributed by atoms with E-state index in [1.54, 1.807) is 12.1 Å². The number of benzene rings is 2. The van der Waals surface area contributed by atoms with Crippen LogP contribution in [0.2, 0.25) is 0 Å². The Morgan fingerprint density at radius 3 is 2.46 bits per heavy atom. The van der Waals surface area contributed by atoms with E-state index in [1.807, 2.05) is 37.4 Å². The number of rotatable bonds is 6. The molecule has 8 heteroatoms. The topological polar surface area (TPSA) is 112 Å². The van der Waals surface area contributed by atoms with Crippen LogP contribution in [0.3, 0.4) is 0 Å². The number of hydrogen-bond acceptors (Lipinski definition) is 6. The molecule has 1 aromatic heterocycles. The molecule has 0 saturated heterocycles. The van der Waals surface area contributed by atoms with E-state index in [9.17, 15) is 13.6 Å². The number of carbonyl (C=O) groups excluding carboxylic acids is 1. The first-order chi connectivity index (χ1) is 13.4. The second-order valence-electron chi connectivity index (χ2n) is 6.98. The summed E-state index contributed by atoms with van der Waals surface area (Å²) in [5.74, 6) is -0.594. The van der Waals surface area contributed by atoms with Crippen molar-refractivity contribution in [2.75, 3.05) is 11.9 Å². The molecular weight excluding hydrogens is 376 g/mol. The minimum Gasteiger partial charge on any atom is -0.772 e. The summed E-state index contributed by atoms with van der Waals surface area (Å²) in [5.41, 5.74) is 9.72. The minimum atomic E-state index is -2.11. The van der Waals surface area contributed by atoms with Crippen molar-refractivity contribution in [2.24, 2.45) is 5.73 Å². The highest BCUT2D eigenvalue weighted by molar-refractivity contribution is 7.78. The molecule has 0 radical (unpaired) electrons. The summed E-state index contributed by atoms with van der Waals surface area (Å²) in [5, 5.41) is 9.13. The number of fused-ring (bicyclic) bond motifs is 1. The highest BCUT2D eigenvalue weighted by Gasteiger charge is 2.30. The fourth-order valence-corrected chi connectivity index (χ4v) is 3.83. The van der Waals surface area contributed by atoms with Crippen molar-refractivity contribution in [3.8, 4) is 11.1 Å². The van der Waals surface area contributed by atoms with Gasteiger partial charge in [0.2, 0.25) is 0 Å². The number of amides is 1. The van der Waals surface area contributed by atoms with Gasteiger partial charge < -0.3 is 15.2 Å². The van der Waals surface area contributed by atoms with E-state index in [0.717, 1.165) is 40.6 Å². The first-order valence-electron chi connectivity index (χ1n) is 8.92. The molecule has 2 N–H and O–H groups in total. The molecule has 1 unspecified atom stereocenters. The zero-order valence-corrected chi connectivity index (χ0v) is 16.1. The third kappa shape index (κ3) is 3.61. The predicted octanol–water partition coefficient (Wildman–Crippen LogP) is 2.37. The van der Waals surface area contributed by atoms with Crippen molar-refractivity contribution < 1.29 is 13.6 Å². The molecule has 7 nitrogen and oxygen atoms in total. The van der Waals surface area contributed by atoms with E-state index in [2.05, 4.69) is 15.1 Å². The number of nitrogens with zero attached hydrogens (tertiary/aromatic N) is 3. The highest BCUT2D eigenvalue weighted by atomic mass is 32.2. The zero-order chi connectivity index (χ0) is 19.8. The Morgan fingerprint density at radius 1 is 1.18 bits per heavy atom. The molecule has 4 rings (SSSR count). The zero-order valence-electron chi connectivity index (χ0n) is 15.3. The monoisotopic (exact) mass is 395 g/mol. The van der Waals surface area contributed by atoms with E-state index in [-0.39, 0.29) is 11.4 Å². The van der Waals surface area contributed by atoms with Gasteiger partial charge in [-0.3, -0.25) is 9.00 Å². The van der Waals surface area contributed by atoms with Crippen LogP contribution in [-0.4, -0.2) is 38.0 Å². The molecule has 0 bridgehead atoms. The lowest BCUT2D eigenvalue weighted by molar-refractivity contribution is 0.0995. The molecule has 1 atom stereocenters. The molecule has 1 fully saturated rings. The normalized spacial score (nSPS) is 14.8. The molecule has 1 saturated carbocycles. The third-order valence-corrected chi connectivity index (χ3v) is 5.56. The van der Waals surface area contributed by atoms with Gasteiger partial charge in [-0.25, -0.2) is 0 Å². The van der Waals surface area contributed by atoms with Crippen LogP contribution in [0.4, 0.5) is 5.69 Å². The Labute approximate surface area is 164 Å². The summed E-state index contributed by atoms with van der Waals surface area (Å²) in [6, 6.07) is 13.5. The summed E-state index contributed by atoms with van der Waals surface area (Å²) in [6.45, 7) is 0. The maximum atomic E-state index is 11.9. The second kappa shape index (κ2) is 7.29. The van der Waals surface area contributed by atoms with Crippen LogP contribution < -0.4 is 10.6 Å². The van der Waals surface area contributed by atoms with Crippen molar-refractivity contribution >= 4 is 33.6 Å². The fraction of sp³-hybridized carbons (Fsp3) is 0.250. The van der Waals surface area contributed by atoms with Crippen LogP contribution in [-0.2, 0) is 16.8 Å². The third-order valence-electron chi connectivity index (χ3n) is 4.99. The lowest BCUT2D eigenvalue weighted by Gasteiger charge is -2.22. The predicted molar refractivity (Wildman–Crippen MR) is 108 cm³/mol. The Kier molecular flexibility index (Phi) is 4.82. The lowest BCUT2D eigenvalue weighted by Crippen LogP contribution is -2.26. The van der Waals surface area contributed by atoms with E-state index in [1.165, 1.54) is 0 Å². The van der Waals surface area contributed by atoms with Crippen LogP contribution in [0.1, 0.15) is 28.9 Å². The standard InChI is InChI=1S/C20H20N4O3S/c1-24(15-7-8-15)19-16-9-6-14(10-17(16)22-23-18(19)20(21)25)13-4-2-12(3-5-13)11-28(26)27/h2-6,9-10,15H,7-8,11H2,1H3,(H2,21,25)(H,26,27)/p-1. The molecule has 0 aliphatic heterocycles. The molecule has 28 heavy (non-hydrogen) atoms. The average Bonchev–Trinajstić information content (AvgIpc) is 3.51. The number of anilines is 1. The second-order valence-corrected chi connectivity index (χ2v) is 7.88. The van der Waals surface area contributed by atoms with Crippen molar-refractivity contribution in [1.82, 2.24) is 10.2 Å². The van der Waals surface area contributed by atoms with Gasteiger partial charge in [0.1, 0.15) is 0 Å². The smallest absolute Gasteiger partial charge is 0.271 e. The Morgan fingerprint density at radius 2 is 1.86 bits per heavy atom. The molecule has 144 valence electrons. The number of primary amides is 1. The molecule has 0 spiro atoms. The fourth-order valence-electron chi connectivity index (χ4n) is 3.37. The van der Waals surface area contributed by atoms with E-state index in [4.69, 9.17) is 5.73 Å². The van der Waals surface area contributed by atoms with E-state index < -0.39 is 17.0 Å². The van der Waals surface area contributed by atoms with E-state index in [0.29, 0.717) is 11.6 Å². The average molecular weight is 395 g/mol. The molecule has 3 aromatic rings. The van der Waals surface area contributed by atoms with Crippen LogP contribution in [0, 0.1) is 0 Å². The van der Waals surface area contributed by atoms with Gasteiger partial charge in [-0.05, 0) is 41.7 Å². The summed E-state index contributed by atoms with van der Waals surface area (Å²) < 4.78 is 21.7. The summed E-state index contributed by atoms with van der Waals surface area (Å²) in [4.78, 5) is 13.9. The Bertz CT molecular complexity index is 1080. The SMILES string of the molecule is CN(c1c(C(N)=O)nnc2cc(-c3ccc(CS(=O)[O-])cc3)ccc12)C1CC1. The van der Waals surface area contributed by atoms with Gasteiger partial charge in [0.15, 0.2) is 5.69 Å².